The van der Waals surface area contributed by atoms with Gasteiger partial charge in [-0.25, -0.2) is 4.39 Å². The van der Waals surface area contributed by atoms with E-state index in [9.17, 15) is 24.2 Å². The van der Waals surface area contributed by atoms with Gasteiger partial charge in [-0.3, -0.25) is 9.59 Å². The molecule has 0 saturated heterocycles. The summed E-state index contributed by atoms with van der Waals surface area (Å²) in [6, 6.07) is 10.3. The van der Waals surface area contributed by atoms with Crippen molar-refractivity contribution >= 4 is 11.7 Å². The van der Waals surface area contributed by atoms with Gasteiger partial charge >= 0.3 is 0 Å². The Morgan fingerprint density at radius 1 is 1.14 bits per heavy atom. The minimum absolute atomic E-state index is 0.141. The van der Waals surface area contributed by atoms with Gasteiger partial charge in [0.15, 0.2) is 11.9 Å². The van der Waals surface area contributed by atoms with E-state index in [0.717, 1.165) is 18.9 Å². The zero-order chi connectivity index (χ0) is 26.1. The van der Waals surface area contributed by atoms with Crippen molar-refractivity contribution in [3.8, 4) is 17.1 Å². The molecule has 0 spiro atoms. The van der Waals surface area contributed by atoms with Crippen LogP contribution in [0, 0.1) is 11.7 Å². The number of hydrogen-bond acceptors (Lipinski definition) is 8. The molecule has 3 aromatic rings. The van der Waals surface area contributed by atoms with Crippen LogP contribution in [0.15, 0.2) is 47.0 Å². The summed E-state index contributed by atoms with van der Waals surface area (Å²) in [4.78, 5) is 29.0. The van der Waals surface area contributed by atoms with Crippen LogP contribution < -0.4 is 10.1 Å². The molecular weight excluding hydrogens is 481 g/mol. The fourth-order valence-corrected chi connectivity index (χ4v) is 4.44. The van der Waals surface area contributed by atoms with Gasteiger partial charge in [-0.15, -0.1) is 0 Å². The summed E-state index contributed by atoms with van der Waals surface area (Å²) in [7, 11) is 0. The number of aliphatic hydroxyl groups excluding tert-OH is 2. The number of hydrogen-bond donors (Lipinski definition) is 3. The van der Waals surface area contributed by atoms with E-state index in [1.54, 1.807) is 24.3 Å². The molecule has 10 heteroatoms. The van der Waals surface area contributed by atoms with E-state index in [4.69, 9.17) is 9.26 Å². The van der Waals surface area contributed by atoms with Gasteiger partial charge in [-0.1, -0.05) is 18.1 Å². The summed E-state index contributed by atoms with van der Waals surface area (Å²) in [5.74, 6) is -0.242. The largest absolute Gasteiger partial charge is 0.481 e. The molecule has 0 bridgehead atoms. The van der Waals surface area contributed by atoms with Crippen LogP contribution in [0.5, 0.6) is 5.75 Å². The second kappa shape index (κ2) is 10.4. The number of carbonyl (C=O) groups excluding carboxylic acids is 2. The molecule has 1 heterocycles. The zero-order valence-electron chi connectivity index (χ0n) is 20.3. The van der Waals surface area contributed by atoms with Gasteiger partial charge in [0, 0.05) is 17.0 Å². The topological polar surface area (TPSA) is 135 Å². The SMILES string of the molecule is CC[C@@H](Oc1ccc(C(=O)C2CC2)cc1)c1nc(-c2ccc(C(=O)N[C@H]3CCC(O)C3O)c(F)c2)no1. The molecule has 2 unspecified atom stereocenters. The minimum atomic E-state index is -1.08. The second-order valence-corrected chi connectivity index (χ2v) is 9.54. The lowest BCUT2D eigenvalue weighted by Gasteiger charge is -2.18. The number of halogens is 1. The monoisotopic (exact) mass is 509 g/mol. The molecule has 2 aliphatic rings. The first kappa shape index (κ1) is 25.0. The van der Waals surface area contributed by atoms with Crippen LogP contribution in [0.25, 0.3) is 11.4 Å². The number of benzene rings is 2. The Morgan fingerprint density at radius 3 is 2.51 bits per heavy atom. The highest BCUT2D eigenvalue weighted by molar-refractivity contribution is 5.99. The highest BCUT2D eigenvalue weighted by atomic mass is 19.1. The Balaban J connectivity index is 1.25. The van der Waals surface area contributed by atoms with Crippen molar-refractivity contribution in [2.45, 2.75) is 63.4 Å². The van der Waals surface area contributed by atoms with Crippen molar-refractivity contribution in [3.05, 3.63) is 65.3 Å². The minimum Gasteiger partial charge on any atom is -0.481 e. The summed E-state index contributed by atoms with van der Waals surface area (Å²) >= 11 is 0. The van der Waals surface area contributed by atoms with Crippen molar-refractivity contribution in [2.24, 2.45) is 5.92 Å². The van der Waals surface area contributed by atoms with Gasteiger partial charge in [0.25, 0.3) is 11.8 Å². The zero-order valence-corrected chi connectivity index (χ0v) is 20.3. The fraction of sp³-hybridized carbons (Fsp3) is 0.407. The maximum atomic E-state index is 14.8. The molecule has 3 N–H and O–H groups in total. The van der Waals surface area contributed by atoms with E-state index in [2.05, 4.69) is 15.5 Å². The number of nitrogens with one attached hydrogen (secondary N) is 1. The Kier molecular flexibility index (Phi) is 7.03. The molecule has 2 saturated carbocycles. The van der Waals surface area contributed by atoms with Gasteiger partial charge in [-0.05, 0) is 68.5 Å². The maximum Gasteiger partial charge on any atom is 0.268 e. The van der Waals surface area contributed by atoms with Crippen molar-refractivity contribution in [1.29, 1.82) is 0 Å². The lowest BCUT2D eigenvalue weighted by Crippen LogP contribution is -2.43. The summed E-state index contributed by atoms with van der Waals surface area (Å²) in [6.07, 6.45) is 0.657. The summed E-state index contributed by atoms with van der Waals surface area (Å²) < 4.78 is 26.2. The first-order valence-electron chi connectivity index (χ1n) is 12.5. The molecule has 2 aromatic carbocycles. The van der Waals surface area contributed by atoms with E-state index in [1.165, 1.54) is 12.1 Å². The Bertz CT molecular complexity index is 1290. The van der Waals surface area contributed by atoms with E-state index < -0.39 is 36.1 Å². The van der Waals surface area contributed by atoms with E-state index in [0.29, 0.717) is 36.1 Å². The van der Waals surface area contributed by atoms with E-state index in [1.807, 2.05) is 6.92 Å². The number of carbonyl (C=O) groups is 2. The van der Waals surface area contributed by atoms with Gasteiger partial charge in [-0.2, -0.15) is 4.98 Å². The molecule has 0 aliphatic heterocycles. The number of rotatable bonds is 9. The number of aliphatic hydroxyl groups is 2. The van der Waals surface area contributed by atoms with Crippen molar-refractivity contribution in [1.82, 2.24) is 15.5 Å². The highest BCUT2D eigenvalue weighted by Crippen LogP contribution is 2.33. The Labute approximate surface area is 212 Å². The quantitative estimate of drug-likeness (QED) is 0.373. The van der Waals surface area contributed by atoms with Crippen molar-refractivity contribution < 1.29 is 33.5 Å². The molecule has 4 atom stereocenters. The molecule has 9 nitrogen and oxygen atoms in total. The summed E-state index contributed by atoms with van der Waals surface area (Å²) in [5, 5.41) is 26.1. The molecule has 5 rings (SSSR count). The van der Waals surface area contributed by atoms with E-state index in [-0.39, 0.29) is 29.0 Å². The predicted octanol–water partition coefficient (Wildman–Crippen LogP) is 3.61. The standard InChI is InChI=1S/C27H28FN3O6/c1-2-22(36-17-8-5-15(6-9-17)23(33)14-3-4-14)27-30-25(31-37-27)16-7-10-18(19(28)13-16)26(35)29-20-11-12-21(32)24(20)34/h5-10,13-14,20-22,24,32,34H,2-4,11-12H2,1H3,(H,29,35)/t20-,21?,22+,24?/m0/s1. The lowest BCUT2D eigenvalue weighted by molar-refractivity contribution is 0.0296. The van der Waals surface area contributed by atoms with Crippen molar-refractivity contribution in [2.75, 3.05) is 0 Å². The molecule has 194 valence electrons. The number of ether oxygens (including phenoxy) is 1. The van der Waals surface area contributed by atoms with Gasteiger partial charge in [0.2, 0.25) is 5.82 Å². The Hall–Kier alpha value is -3.63. The first-order chi connectivity index (χ1) is 17.8. The van der Waals surface area contributed by atoms with Crippen LogP contribution >= 0.6 is 0 Å². The maximum absolute atomic E-state index is 14.8. The fourth-order valence-electron chi connectivity index (χ4n) is 4.44. The molecule has 37 heavy (non-hydrogen) atoms. The van der Waals surface area contributed by atoms with Crippen LogP contribution in [0.2, 0.25) is 0 Å². The summed E-state index contributed by atoms with van der Waals surface area (Å²) in [6.45, 7) is 1.90. The van der Waals surface area contributed by atoms with Gasteiger partial charge < -0.3 is 24.8 Å². The molecule has 1 amide bonds. The molecule has 2 aliphatic carbocycles. The average Bonchev–Trinajstić information content (AvgIpc) is 3.56. The van der Waals surface area contributed by atoms with Gasteiger partial charge in [0.05, 0.1) is 17.7 Å². The number of aromatic nitrogens is 2. The molecular formula is C27H28FN3O6. The van der Waals surface area contributed by atoms with Crippen LogP contribution in [0.3, 0.4) is 0 Å². The van der Waals surface area contributed by atoms with Crippen LogP contribution in [0.1, 0.15) is 71.7 Å². The second-order valence-electron chi connectivity index (χ2n) is 9.54. The highest BCUT2D eigenvalue weighted by Gasteiger charge is 2.35. The number of nitrogens with zero attached hydrogens (tertiary/aromatic N) is 2. The van der Waals surface area contributed by atoms with Crippen LogP contribution in [0.4, 0.5) is 4.39 Å². The van der Waals surface area contributed by atoms with Crippen molar-refractivity contribution in [3.63, 3.8) is 0 Å². The van der Waals surface area contributed by atoms with Crippen LogP contribution in [-0.2, 0) is 0 Å². The summed E-state index contributed by atoms with van der Waals surface area (Å²) in [5.41, 5.74) is 0.789. The normalized spacial score (nSPS) is 22.0. The van der Waals surface area contributed by atoms with Crippen LogP contribution in [-0.4, -0.2) is 50.3 Å². The lowest BCUT2D eigenvalue weighted by atomic mass is 10.1. The molecule has 1 aromatic heterocycles. The molecule has 2 fully saturated rings. The third kappa shape index (κ3) is 5.40. The predicted molar refractivity (Wildman–Crippen MR) is 129 cm³/mol. The smallest absolute Gasteiger partial charge is 0.268 e. The number of Topliss-reactive ketones (excluding diaryl/α,β-unsaturated/α-hetero) is 1. The third-order valence-electron chi connectivity index (χ3n) is 6.82. The number of ketones is 1. The average molecular weight is 510 g/mol. The van der Waals surface area contributed by atoms with Gasteiger partial charge in [0.1, 0.15) is 17.7 Å². The molecule has 0 radical (unpaired) electrons. The first-order valence-corrected chi connectivity index (χ1v) is 12.5. The van der Waals surface area contributed by atoms with E-state index >= 15 is 0 Å². The number of amides is 1. The Morgan fingerprint density at radius 2 is 1.89 bits per heavy atom. The third-order valence-corrected chi connectivity index (χ3v) is 6.82.